The van der Waals surface area contributed by atoms with Gasteiger partial charge in [-0.1, -0.05) is 28.1 Å². The monoisotopic (exact) mass is 333 g/mol. The number of hydrogen-bond acceptors (Lipinski definition) is 3. The van der Waals surface area contributed by atoms with Crippen molar-refractivity contribution in [3.63, 3.8) is 0 Å². The largest absolute Gasteiger partial charge is 0.457 e. The molecule has 0 fully saturated rings. The van der Waals surface area contributed by atoms with E-state index in [0.717, 1.165) is 4.47 Å². The Labute approximate surface area is 124 Å². The van der Waals surface area contributed by atoms with Crippen LogP contribution in [0.15, 0.2) is 53.0 Å². The van der Waals surface area contributed by atoms with Crippen LogP contribution in [0.5, 0.6) is 11.5 Å². The van der Waals surface area contributed by atoms with Gasteiger partial charge in [0.05, 0.1) is 0 Å². The number of aldehydes is 1. The Kier molecular flexibility index (Phi) is 4.53. The molecule has 2 aromatic carbocycles. The zero-order valence-corrected chi connectivity index (χ0v) is 12.0. The van der Waals surface area contributed by atoms with Gasteiger partial charge in [-0.25, -0.2) is 0 Å². The average Bonchev–Trinajstić information content (AvgIpc) is 2.44. The van der Waals surface area contributed by atoms with Gasteiger partial charge in [-0.15, -0.1) is 0 Å². The second-order valence-electron chi connectivity index (χ2n) is 4.14. The molecular formula is C15H12BrNO3. The van der Waals surface area contributed by atoms with Crippen LogP contribution in [0.4, 0.5) is 0 Å². The lowest BCUT2D eigenvalue weighted by Gasteiger charge is -2.09. The number of ether oxygens (including phenoxy) is 1. The Morgan fingerprint density at radius 2 is 1.55 bits per heavy atom. The molecule has 20 heavy (non-hydrogen) atoms. The summed E-state index contributed by atoms with van der Waals surface area (Å²) in [6, 6.07) is 14.1. The Hall–Kier alpha value is -2.14. The molecule has 102 valence electrons. The van der Waals surface area contributed by atoms with Crippen LogP contribution in [0.1, 0.15) is 11.5 Å². The van der Waals surface area contributed by atoms with Gasteiger partial charge in [0.25, 0.3) is 0 Å². The summed E-state index contributed by atoms with van der Waals surface area (Å²) < 4.78 is 6.60. The Morgan fingerprint density at radius 3 is 2.00 bits per heavy atom. The minimum Gasteiger partial charge on any atom is -0.457 e. The van der Waals surface area contributed by atoms with E-state index in [2.05, 4.69) is 15.9 Å². The first-order chi connectivity index (χ1) is 9.60. The third-order valence-electron chi connectivity index (χ3n) is 2.73. The highest BCUT2D eigenvalue weighted by atomic mass is 79.9. The second-order valence-corrected chi connectivity index (χ2v) is 5.06. The summed E-state index contributed by atoms with van der Waals surface area (Å²) in [6.45, 7) is 0. The fourth-order valence-corrected chi connectivity index (χ4v) is 1.96. The van der Waals surface area contributed by atoms with Crippen LogP contribution in [-0.4, -0.2) is 12.2 Å². The van der Waals surface area contributed by atoms with Crippen molar-refractivity contribution in [2.24, 2.45) is 5.73 Å². The van der Waals surface area contributed by atoms with Crippen LogP contribution >= 0.6 is 15.9 Å². The predicted octanol–water partition coefficient (Wildman–Crippen LogP) is 3.01. The zero-order valence-electron chi connectivity index (χ0n) is 10.5. The number of nitrogens with two attached hydrogens (primary N) is 1. The first kappa shape index (κ1) is 14.3. The van der Waals surface area contributed by atoms with Gasteiger partial charge in [-0.2, -0.15) is 0 Å². The lowest BCUT2D eigenvalue weighted by molar-refractivity contribution is -0.123. The molecule has 0 aliphatic rings. The number of carbonyl (C=O) groups excluding carboxylic acids is 2. The van der Waals surface area contributed by atoms with E-state index in [4.69, 9.17) is 10.5 Å². The molecule has 0 aliphatic heterocycles. The van der Waals surface area contributed by atoms with Gasteiger partial charge in [-0.3, -0.25) is 4.79 Å². The van der Waals surface area contributed by atoms with Crippen molar-refractivity contribution in [2.45, 2.75) is 5.92 Å². The third kappa shape index (κ3) is 3.45. The predicted molar refractivity (Wildman–Crippen MR) is 78.7 cm³/mol. The molecule has 1 atom stereocenters. The summed E-state index contributed by atoms with van der Waals surface area (Å²) in [5.74, 6) is -0.272. The van der Waals surface area contributed by atoms with E-state index in [-0.39, 0.29) is 0 Å². The molecule has 0 aromatic heterocycles. The van der Waals surface area contributed by atoms with Gasteiger partial charge < -0.3 is 15.3 Å². The highest BCUT2D eigenvalue weighted by Crippen LogP contribution is 2.24. The average molecular weight is 334 g/mol. The highest BCUT2D eigenvalue weighted by molar-refractivity contribution is 9.10. The Balaban J connectivity index is 2.14. The molecule has 0 heterocycles. The lowest BCUT2D eigenvalue weighted by Crippen LogP contribution is -2.22. The van der Waals surface area contributed by atoms with Crippen LogP contribution in [0.25, 0.3) is 0 Å². The number of benzene rings is 2. The number of amides is 1. The molecule has 1 unspecified atom stereocenters. The van der Waals surface area contributed by atoms with Crippen LogP contribution in [0, 0.1) is 0 Å². The van der Waals surface area contributed by atoms with Gasteiger partial charge in [0.1, 0.15) is 23.7 Å². The van der Waals surface area contributed by atoms with Gasteiger partial charge >= 0.3 is 0 Å². The smallest absolute Gasteiger partial charge is 0.232 e. The fourth-order valence-electron chi connectivity index (χ4n) is 1.69. The highest BCUT2D eigenvalue weighted by Gasteiger charge is 2.16. The van der Waals surface area contributed by atoms with Crippen molar-refractivity contribution >= 4 is 28.1 Å². The van der Waals surface area contributed by atoms with Crippen LogP contribution < -0.4 is 10.5 Å². The van der Waals surface area contributed by atoms with E-state index < -0.39 is 11.8 Å². The Bertz CT molecular complexity index is 608. The van der Waals surface area contributed by atoms with E-state index in [1.54, 1.807) is 24.3 Å². The van der Waals surface area contributed by atoms with Crippen LogP contribution in [0.2, 0.25) is 0 Å². The summed E-state index contributed by atoms with van der Waals surface area (Å²) in [5.41, 5.74) is 5.70. The summed E-state index contributed by atoms with van der Waals surface area (Å²) in [7, 11) is 0. The molecular weight excluding hydrogens is 322 g/mol. The van der Waals surface area contributed by atoms with Crippen LogP contribution in [0.3, 0.4) is 0 Å². The number of halogens is 1. The van der Waals surface area contributed by atoms with Gasteiger partial charge in [-0.05, 0) is 42.0 Å². The van der Waals surface area contributed by atoms with Crippen LogP contribution in [-0.2, 0) is 9.59 Å². The van der Waals surface area contributed by atoms with Crippen molar-refractivity contribution in [3.8, 4) is 11.5 Å². The maximum absolute atomic E-state index is 11.1. The van der Waals surface area contributed by atoms with Crippen molar-refractivity contribution in [1.29, 1.82) is 0 Å². The molecule has 5 heteroatoms. The number of primary amides is 1. The first-order valence-electron chi connectivity index (χ1n) is 5.88. The quantitative estimate of drug-likeness (QED) is 0.675. The molecule has 0 bridgehead atoms. The third-order valence-corrected chi connectivity index (χ3v) is 3.26. The number of rotatable bonds is 5. The van der Waals surface area contributed by atoms with Gasteiger partial charge in [0.2, 0.25) is 5.91 Å². The zero-order chi connectivity index (χ0) is 14.5. The number of carbonyl (C=O) groups is 2. The van der Waals surface area contributed by atoms with Gasteiger partial charge in [0.15, 0.2) is 0 Å². The standard InChI is InChI=1S/C15H12BrNO3/c16-11-3-7-13(8-4-11)20-12-5-1-10(2-6-12)14(9-18)15(17)19/h1-9,14H,(H2,17,19). The van der Waals surface area contributed by atoms with E-state index >= 15 is 0 Å². The Morgan fingerprint density at radius 1 is 1.05 bits per heavy atom. The van der Waals surface area contributed by atoms with Gasteiger partial charge in [0, 0.05) is 4.47 Å². The minimum atomic E-state index is -0.920. The number of hydrogen-bond donors (Lipinski definition) is 1. The van der Waals surface area contributed by atoms with E-state index in [9.17, 15) is 9.59 Å². The topological polar surface area (TPSA) is 69.4 Å². The lowest BCUT2D eigenvalue weighted by atomic mass is 10.0. The molecule has 2 aromatic rings. The van der Waals surface area contributed by atoms with Crippen molar-refractivity contribution in [1.82, 2.24) is 0 Å². The van der Waals surface area contributed by atoms with Crippen molar-refractivity contribution < 1.29 is 14.3 Å². The molecule has 0 radical (unpaired) electrons. The summed E-state index contributed by atoms with van der Waals surface area (Å²) >= 11 is 3.35. The summed E-state index contributed by atoms with van der Waals surface area (Å²) in [5, 5.41) is 0. The second kappa shape index (κ2) is 6.34. The van der Waals surface area contributed by atoms with E-state index in [1.165, 1.54) is 0 Å². The molecule has 2 rings (SSSR count). The van der Waals surface area contributed by atoms with Crippen molar-refractivity contribution in [3.05, 3.63) is 58.6 Å². The molecule has 2 N–H and O–H groups in total. The molecule has 0 aliphatic carbocycles. The fraction of sp³-hybridized carbons (Fsp3) is 0.0667. The maximum atomic E-state index is 11.1. The molecule has 1 amide bonds. The maximum Gasteiger partial charge on any atom is 0.232 e. The van der Waals surface area contributed by atoms with E-state index in [0.29, 0.717) is 23.3 Å². The minimum absolute atomic E-state index is 0.535. The molecule has 0 saturated heterocycles. The van der Waals surface area contributed by atoms with E-state index in [1.807, 2.05) is 24.3 Å². The molecule has 4 nitrogen and oxygen atoms in total. The first-order valence-corrected chi connectivity index (χ1v) is 6.67. The normalized spacial score (nSPS) is 11.7. The summed E-state index contributed by atoms with van der Waals surface area (Å²) in [4.78, 5) is 21.9. The van der Waals surface area contributed by atoms with Crippen molar-refractivity contribution in [2.75, 3.05) is 0 Å². The molecule has 0 spiro atoms. The SMILES string of the molecule is NC(=O)C(C=O)c1ccc(Oc2ccc(Br)cc2)cc1. The summed E-state index contributed by atoms with van der Waals surface area (Å²) in [6.07, 6.45) is 0.535. The molecule has 0 saturated carbocycles.